The minimum Gasteiger partial charge on any atom is -0.508 e. The number of aromatic hydroxyl groups is 1. The van der Waals surface area contributed by atoms with Gasteiger partial charge >= 0.3 is 5.97 Å². The second-order valence-electron chi connectivity index (χ2n) is 4.59. The van der Waals surface area contributed by atoms with Gasteiger partial charge in [-0.05, 0) is 37.1 Å². The van der Waals surface area contributed by atoms with E-state index in [2.05, 4.69) is 10.1 Å². The smallest absolute Gasteiger partial charge is 0.305 e. The monoisotopic (exact) mass is 279 g/mol. The molecule has 1 aromatic rings. The predicted molar refractivity (Wildman–Crippen MR) is 76.5 cm³/mol. The molecular weight excluding hydrogens is 258 g/mol. The number of hydrogen-bond donors (Lipinski definition) is 2. The van der Waals surface area contributed by atoms with Crippen LogP contribution in [0.15, 0.2) is 24.3 Å². The molecule has 0 aliphatic heterocycles. The minimum absolute atomic E-state index is 0.0383. The lowest BCUT2D eigenvalue weighted by Crippen LogP contribution is -2.10. The molecule has 5 nitrogen and oxygen atoms in total. The van der Waals surface area contributed by atoms with Crippen molar-refractivity contribution in [2.24, 2.45) is 0 Å². The number of nitrogens with one attached hydrogen (secondary N) is 1. The van der Waals surface area contributed by atoms with Gasteiger partial charge in [0.05, 0.1) is 7.11 Å². The fourth-order valence-corrected chi connectivity index (χ4v) is 1.78. The quantitative estimate of drug-likeness (QED) is 0.436. The van der Waals surface area contributed by atoms with Crippen LogP contribution in [0.25, 0.3) is 0 Å². The van der Waals surface area contributed by atoms with E-state index in [1.807, 2.05) is 0 Å². The zero-order chi connectivity index (χ0) is 14.8. The van der Waals surface area contributed by atoms with Gasteiger partial charge in [0, 0.05) is 18.5 Å². The van der Waals surface area contributed by atoms with Gasteiger partial charge in [-0.25, -0.2) is 0 Å². The Morgan fingerprint density at radius 1 is 1.05 bits per heavy atom. The Morgan fingerprint density at radius 3 is 2.25 bits per heavy atom. The largest absolute Gasteiger partial charge is 0.508 e. The fourth-order valence-electron chi connectivity index (χ4n) is 1.78. The van der Waals surface area contributed by atoms with Crippen molar-refractivity contribution >= 4 is 17.6 Å². The molecule has 0 saturated carbocycles. The number of rotatable bonds is 8. The molecule has 0 aliphatic carbocycles. The van der Waals surface area contributed by atoms with Crippen molar-refractivity contribution < 1.29 is 19.4 Å². The molecule has 0 spiro atoms. The van der Waals surface area contributed by atoms with Gasteiger partial charge in [-0.2, -0.15) is 0 Å². The van der Waals surface area contributed by atoms with Crippen molar-refractivity contribution in [1.29, 1.82) is 0 Å². The highest BCUT2D eigenvalue weighted by Crippen LogP contribution is 2.14. The molecule has 20 heavy (non-hydrogen) atoms. The Hall–Kier alpha value is -2.04. The molecule has 110 valence electrons. The van der Waals surface area contributed by atoms with Crippen LogP contribution in [0.2, 0.25) is 0 Å². The highest BCUT2D eigenvalue weighted by Gasteiger charge is 2.03. The second kappa shape index (κ2) is 8.96. The van der Waals surface area contributed by atoms with Crippen molar-refractivity contribution in [2.45, 2.75) is 38.5 Å². The maximum Gasteiger partial charge on any atom is 0.305 e. The number of amides is 1. The normalized spacial score (nSPS) is 10.1. The first-order valence-electron chi connectivity index (χ1n) is 6.77. The van der Waals surface area contributed by atoms with Crippen LogP contribution >= 0.6 is 0 Å². The van der Waals surface area contributed by atoms with Crippen molar-refractivity contribution in [3.05, 3.63) is 24.3 Å². The molecule has 5 heteroatoms. The van der Waals surface area contributed by atoms with Gasteiger partial charge in [-0.1, -0.05) is 12.8 Å². The Kier molecular flexibility index (Phi) is 7.17. The minimum atomic E-state index is -0.185. The maximum absolute atomic E-state index is 11.6. The molecule has 1 amide bonds. The average Bonchev–Trinajstić information content (AvgIpc) is 2.44. The first-order valence-corrected chi connectivity index (χ1v) is 6.77. The molecule has 0 aromatic heterocycles. The number of carbonyl (C=O) groups is 2. The van der Waals surface area contributed by atoms with Gasteiger partial charge < -0.3 is 15.2 Å². The van der Waals surface area contributed by atoms with E-state index >= 15 is 0 Å². The van der Waals surface area contributed by atoms with Gasteiger partial charge in [0.1, 0.15) is 5.75 Å². The van der Waals surface area contributed by atoms with Crippen molar-refractivity contribution in [1.82, 2.24) is 0 Å². The van der Waals surface area contributed by atoms with Gasteiger partial charge in [0.15, 0.2) is 0 Å². The topological polar surface area (TPSA) is 75.6 Å². The molecule has 0 heterocycles. The van der Waals surface area contributed by atoms with Crippen molar-refractivity contribution in [3.8, 4) is 5.75 Å². The van der Waals surface area contributed by atoms with Crippen LogP contribution in [0.3, 0.4) is 0 Å². The third-order valence-corrected chi connectivity index (χ3v) is 2.91. The third-order valence-electron chi connectivity index (χ3n) is 2.91. The Labute approximate surface area is 118 Å². The molecule has 1 rings (SSSR count). The van der Waals surface area contributed by atoms with E-state index in [0.29, 0.717) is 18.5 Å². The van der Waals surface area contributed by atoms with Crippen LogP contribution in [-0.4, -0.2) is 24.1 Å². The van der Waals surface area contributed by atoms with Gasteiger partial charge in [-0.3, -0.25) is 9.59 Å². The summed E-state index contributed by atoms with van der Waals surface area (Å²) in [6.07, 6.45) is 4.33. The summed E-state index contributed by atoms with van der Waals surface area (Å²) in [6, 6.07) is 6.37. The number of phenols is 1. The number of benzene rings is 1. The highest BCUT2D eigenvalue weighted by molar-refractivity contribution is 5.90. The Balaban J connectivity index is 2.08. The Bertz CT molecular complexity index is 428. The molecule has 0 radical (unpaired) electrons. The van der Waals surface area contributed by atoms with Gasteiger partial charge in [0.25, 0.3) is 0 Å². The SMILES string of the molecule is COC(=O)CCCCCCC(=O)Nc1ccc(O)cc1. The summed E-state index contributed by atoms with van der Waals surface area (Å²) >= 11 is 0. The molecule has 2 N–H and O–H groups in total. The summed E-state index contributed by atoms with van der Waals surface area (Å²) in [5.74, 6) is -0.0488. The summed E-state index contributed by atoms with van der Waals surface area (Å²) in [6.45, 7) is 0. The number of esters is 1. The summed E-state index contributed by atoms with van der Waals surface area (Å²) in [5.41, 5.74) is 0.679. The molecule has 0 fully saturated rings. The predicted octanol–water partition coefficient (Wildman–Crippen LogP) is 2.84. The van der Waals surface area contributed by atoms with Gasteiger partial charge in [0.2, 0.25) is 5.91 Å². The number of unbranched alkanes of at least 4 members (excludes halogenated alkanes) is 3. The van der Waals surface area contributed by atoms with Crippen LogP contribution in [0, 0.1) is 0 Å². The third kappa shape index (κ3) is 6.78. The molecule has 0 aliphatic rings. The van der Waals surface area contributed by atoms with E-state index < -0.39 is 0 Å². The first-order chi connectivity index (χ1) is 9.61. The molecule has 1 aromatic carbocycles. The van der Waals surface area contributed by atoms with Crippen LogP contribution in [-0.2, 0) is 14.3 Å². The van der Waals surface area contributed by atoms with Crippen LogP contribution in [0.5, 0.6) is 5.75 Å². The lowest BCUT2D eigenvalue weighted by atomic mass is 10.1. The van der Waals surface area contributed by atoms with E-state index in [9.17, 15) is 9.59 Å². The zero-order valence-electron chi connectivity index (χ0n) is 11.7. The standard InChI is InChI=1S/C15H21NO4/c1-20-15(19)7-5-3-2-4-6-14(18)16-12-8-10-13(17)11-9-12/h8-11,17H,2-7H2,1H3,(H,16,18). The van der Waals surface area contributed by atoms with E-state index in [1.165, 1.54) is 19.2 Å². The van der Waals surface area contributed by atoms with Crippen LogP contribution < -0.4 is 5.32 Å². The van der Waals surface area contributed by atoms with E-state index in [0.717, 1.165) is 25.7 Å². The molecule has 0 unspecified atom stereocenters. The zero-order valence-corrected chi connectivity index (χ0v) is 11.7. The first kappa shape index (κ1) is 16.0. The number of anilines is 1. The molecule has 0 saturated heterocycles. The molecule has 0 bridgehead atoms. The van der Waals surface area contributed by atoms with Crippen molar-refractivity contribution in [3.63, 3.8) is 0 Å². The number of carbonyl (C=O) groups excluding carboxylic acids is 2. The summed E-state index contributed by atoms with van der Waals surface area (Å²) < 4.78 is 4.55. The summed E-state index contributed by atoms with van der Waals surface area (Å²) in [5, 5.41) is 11.9. The second-order valence-corrected chi connectivity index (χ2v) is 4.59. The highest BCUT2D eigenvalue weighted by atomic mass is 16.5. The Morgan fingerprint density at radius 2 is 1.65 bits per heavy atom. The lowest BCUT2D eigenvalue weighted by molar-refractivity contribution is -0.140. The van der Waals surface area contributed by atoms with Crippen LogP contribution in [0.4, 0.5) is 5.69 Å². The fraction of sp³-hybridized carbons (Fsp3) is 0.467. The molecule has 0 atom stereocenters. The number of hydrogen-bond acceptors (Lipinski definition) is 4. The summed E-state index contributed by atoms with van der Waals surface area (Å²) in [4.78, 5) is 22.5. The lowest BCUT2D eigenvalue weighted by Gasteiger charge is -2.05. The molecular formula is C15H21NO4. The number of phenolic OH excluding ortho intramolecular Hbond substituents is 1. The van der Waals surface area contributed by atoms with Gasteiger partial charge in [-0.15, -0.1) is 0 Å². The maximum atomic E-state index is 11.6. The summed E-state index contributed by atoms with van der Waals surface area (Å²) in [7, 11) is 1.38. The van der Waals surface area contributed by atoms with Crippen LogP contribution in [0.1, 0.15) is 38.5 Å². The number of methoxy groups -OCH3 is 1. The van der Waals surface area contributed by atoms with E-state index in [-0.39, 0.29) is 17.6 Å². The van der Waals surface area contributed by atoms with E-state index in [1.54, 1.807) is 12.1 Å². The average molecular weight is 279 g/mol. The van der Waals surface area contributed by atoms with Crippen molar-refractivity contribution in [2.75, 3.05) is 12.4 Å². The van der Waals surface area contributed by atoms with E-state index in [4.69, 9.17) is 5.11 Å². The number of ether oxygens (including phenoxy) is 1.